The molecule has 0 bridgehead atoms. The summed E-state index contributed by atoms with van der Waals surface area (Å²) in [6.07, 6.45) is -1.60. The van der Waals surface area contributed by atoms with E-state index in [-0.39, 0.29) is 44.3 Å². The fourth-order valence-electron chi connectivity index (χ4n) is 6.52. The summed E-state index contributed by atoms with van der Waals surface area (Å²) in [7, 11) is 0. The summed E-state index contributed by atoms with van der Waals surface area (Å²) < 4.78 is 28.5. The van der Waals surface area contributed by atoms with Crippen molar-refractivity contribution in [3.8, 4) is 5.75 Å². The van der Waals surface area contributed by atoms with Gasteiger partial charge in [-0.15, -0.1) is 0 Å². The highest BCUT2D eigenvalue weighted by molar-refractivity contribution is 5.93. The van der Waals surface area contributed by atoms with E-state index in [0.717, 1.165) is 16.7 Å². The average molecular weight is 809 g/mol. The van der Waals surface area contributed by atoms with Gasteiger partial charge in [-0.05, 0) is 99.9 Å². The molecule has 2 atom stereocenters. The van der Waals surface area contributed by atoms with E-state index >= 15 is 0 Å². The molecule has 0 saturated carbocycles. The van der Waals surface area contributed by atoms with Gasteiger partial charge in [-0.2, -0.15) is 0 Å². The molecule has 2 heterocycles. The summed E-state index contributed by atoms with van der Waals surface area (Å²) in [6.45, 7) is 14.4. The average Bonchev–Trinajstić information content (AvgIpc) is 3.55. The van der Waals surface area contributed by atoms with Gasteiger partial charge >= 0.3 is 24.2 Å². The Hall–Kier alpha value is -6.11. The van der Waals surface area contributed by atoms with E-state index in [0.29, 0.717) is 36.7 Å². The van der Waals surface area contributed by atoms with Crippen molar-refractivity contribution in [3.63, 3.8) is 0 Å². The van der Waals surface area contributed by atoms with Crippen molar-refractivity contribution in [2.45, 2.75) is 98.1 Å². The molecule has 0 spiro atoms. The first-order valence-corrected chi connectivity index (χ1v) is 20.1. The van der Waals surface area contributed by atoms with Crippen LogP contribution in [0.2, 0.25) is 0 Å². The highest BCUT2D eigenvalue weighted by atomic mass is 16.6. The summed E-state index contributed by atoms with van der Waals surface area (Å²) in [5, 5.41) is 2.96. The van der Waals surface area contributed by atoms with Crippen molar-refractivity contribution in [2.75, 3.05) is 31.2 Å². The number of aromatic nitrogens is 1. The molecule has 0 aliphatic carbocycles. The van der Waals surface area contributed by atoms with E-state index in [4.69, 9.17) is 23.7 Å². The normalized spacial score (nSPS) is 14.3. The molecule has 4 aromatic rings. The van der Waals surface area contributed by atoms with Crippen LogP contribution in [0, 0.1) is 6.92 Å². The Balaban J connectivity index is 1.26. The second-order valence-corrected chi connectivity index (χ2v) is 15.8. The lowest BCUT2D eigenvalue weighted by molar-refractivity contribution is 0.0435. The Morgan fingerprint density at radius 2 is 1.66 bits per heavy atom. The largest absolute Gasteiger partial charge is 0.494 e. The lowest BCUT2D eigenvalue weighted by atomic mass is 10.00. The SMILES string of the molecule is CCOC(=O)c1cc(C)nc(N(CCCOc2cccc(C[C@H](NC(=O)OC(C)(C)C)[C@H]3CN(Cc4cccc(C(C)C)c4)C(=O)O3)c2)C(=O)OCc2ccccc2)c1. The molecule has 1 aromatic heterocycles. The number of anilines is 1. The number of carbonyl (C=O) groups is 4. The maximum atomic E-state index is 13.5. The van der Waals surface area contributed by atoms with Gasteiger partial charge in [0.05, 0.1) is 31.4 Å². The molecule has 13 heteroatoms. The Kier molecular flexibility index (Phi) is 15.3. The maximum Gasteiger partial charge on any atom is 0.415 e. The van der Waals surface area contributed by atoms with Gasteiger partial charge in [-0.3, -0.25) is 4.90 Å². The molecule has 1 aliphatic heterocycles. The molecule has 59 heavy (non-hydrogen) atoms. The molecule has 0 unspecified atom stereocenters. The third-order valence-corrected chi connectivity index (χ3v) is 9.35. The third-order valence-electron chi connectivity index (χ3n) is 9.35. The number of rotatable bonds is 17. The Morgan fingerprint density at radius 3 is 2.39 bits per heavy atom. The summed E-state index contributed by atoms with van der Waals surface area (Å²) in [4.78, 5) is 59.9. The second kappa shape index (κ2) is 20.5. The highest BCUT2D eigenvalue weighted by Crippen LogP contribution is 2.24. The van der Waals surface area contributed by atoms with E-state index in [1.807, 2.05) is 66.7 Å². The van der Waals surface area contributed by atoms with E-state index in [2.05, 4.69) is 36.3 Å². The molecule has 3 amide bonds. The summed E-state index contributed by atoms with van der Waals surface area (Å²) in [5.41, 5.74) is 3.94. The van der Waals surface area contributed by atoms with Crippen molar-refractivity contribution < 1.29 is 42.9 Å². The van der Waals surface area contributed by atoms with Gasteiger partial charge in [0.15, 0.2) is 0 Å². The highest BCUT2D eigenvalue weighted by Gasteiger charge is 2.38. The van der Waals surface area contributed by atoms with Crippen molar-refractivity contribution in [3.05, 3.63) is 125 Å². The van der Waals surface area contributed by atoms with Crippen LogP contribution in [-0.4, -0.2) is 78.2 Å². The third kappa shape index (κ3) is 13.5. The predicted molar refractivity (Wildman–Crippen MR) is 224 cm³/mol. The van der Waals surface area contributed by atoms with Crippen LogP contribution >= 0.6 is 0 Å². The molecule has 1 saturated heterocycles. The van der Waals surface area contributed by atoms with Gasteiger partial charge in [-0.1, -0.05) is 80.6 Å². The van der Waals surface area contributed by atoms with Crippen molar-refractivity contribution >= 4 is 30.1 Å². The number of pyridine rings is 1. The van der Waals surface area contributed by atoms with Gasteiger partial charge in [0.1, 0.15) is 29.9 Å². The van der Waals surface area contributed by atoms with Crippen LogP contribution in [0.5, 0.6) is 5.75 Å². The molecule has 314 valence electrons. The first-order chi connectivity index (χ1) is 28.2. The van der Waals surface area contributed by atoms with E-state index in [1.165, 1.54) is 16.5 Å². The van der Waals surface area contributed by atoms with Gasteiger partial charge in [0.25, 0.3) is 0 Å². The smallest absolute Gasteiger partial charge is 0.415 e. The molecule has 0 radical (unpaired) electrons. The van der Waals surface area contributed by atoms with Crippen LogP contribution < -0.4 is 15.0 Å². The van der Waals surface area contributed by atoms with Crippen LogP contribution in [0.25, 0.3) is 0 Å². The molecule has 3 aromatic carbocycles. The number of ether oxygens (including phenoxy) is 5. The number of hydrogen-bond acceptors (Lipinski definition) is 10. The molecule has 5 rings (SSSR count). The second-order valence-electron chi connectivity index (χ2n) is 15.8. The number of amides is 3. The minimum absolute atomic E-state index is 0.0596. The first kappa shape index (κ1) is 44.0. The fraction of sp³-hybridized carbons (Fsp3) is 0.413. The first-order valence-electron chi connectivity index (χ1n) is 20.1. The number of cyclic esters (lactones) is 1. The van der Waals surface area contributed by atoms with Crippen molar-refractivity contribution in [1.82, 2.24) is 15.2 Å². The molecule has 1 N–H and O–H groups in total. The molecule has 1 aliphatic rings. The van der Waals surface area contributed by atoms with Crippen LogP contribution in [0.4, 0.5) is 20.2 Å². The topological polar surface area (TPSA) is 146 Å². The number of benzene rings is 3. The summed E-state index contributed by atoms with van der Waals surface area (Å²) >= 11 is 0. The van der Waals surface area contributed by atoms with Gasteiger partial charge < -0.3 is 33.9 Å². The fourth-order valence-corrected chi connectivity index (χ4v) is 6.52. The zero-order valence-electron chi connectivity index (χ0n) is 35.1. The zero-order valence-corrected chi connectivity index (χ0v) is 35.1. The number of alkyl carbamates (subject to hydrolysis) is 1. The summed E-state index contributed by atoms with van der Waals surface area (Å²) in [5.74, 6) is 0.666. The van der Waals surface area contributed by atoms with Crippen LogP contribution in [-0.2, 0) is 38.5 Å². The standard InChI is InChI=1S/C46H56N4O9/c1-8-55-42(51)37-23-32(4)47-41(27-37)50(45(54)57-30-33-15-10-9-11-16-33)21-14-22-56-38-20-13-17-34(25-38)26-39(48-43(52)59-46(5,6)7)40-29-49(44(53)58-40)28-35-18-12-19-36(24-35)31(2)3/h9-13,15-20,23-25,27,31,39-40H,8,14,21-22,26,28-30H2,1-7H3,(H,48,52)/t39-,40+/m0/s1. The van der Waals surface area contributed by atoms with Gasteiger partial charge in [-0.25, -0.2) is 24.2 Å². The van der Waals surface area contributed by atoms with E-state index in [9.17, 15) is 19.2 Å². The Labute approximate surface area is 346 Å². The number of esters is 1. The Morgan fingerprint density at radius 1 is 0.932 bits per heavy atom. The number of nitrogens with one attached hydrogen (secondary N) is 1. The Bertz CT molecular complexity index is 2050. The molecular formula is C46H56N4O9. The monoisotopic (exact) mass is 808 g/mol. The lowest BCUT2D eigenvalue weighted by Crippen LogP contribution is -2.48. The quantitative estimate of drug-likeness (QED) is 0.0624. The zero-order chi connectivity index (χ0) is 42.5. The van der Waals surface area contributed by atoms with Crippen molar-refractivity contribution in [2.24, 2.45) is 0 Å². The number of hydrogen-bond donors (Lipinski definition) is 1. The van der Waals surface area contributed by atoms with E-state index in [1.54, 1.807) is 45.6 Å². The van der Waals surface area contributed by atoms with Gasteiger partial charge in [0.2, 0.25) is 0 Å². The van der Waals surface area contributed by atoms with Crippen molar-refractivity contribution in [1.29, 1.82) is 0 Å². The maximum absolute atomic E-state index is 13.5. The predicted octanol–water partition coefficient (Wildman–Crippen LogP) is 8.76. The van der Waals surface area contributed by atoms with E-state index < -0.39 is 42.0 Å². The lowest BCUT2D eigenvalue weighted by Gasteiger charge is -2.26. The minimum Gasteiger partial charge on any atom is -0.494 e. The molecular weight excluding hydrogens is 753 g/mol. The van der Waals surface area contributed by atoms with Crippen LogP contribution in [0.1, 0.15) is 92.2 Å². The summed E-state index contributed by atoms with van der Waals surface area (Å²) in [6, 6.07) is 27.5. The number of aryl methyl sites for hydroxylation is 1. The molecule has 13 nitrogen and oxygen atoms in total. The van der Waals surface area contributed by atoms with Crippen LogP contribution in [0.3, 0.4) is 0 Å². The minimum atomic E-state index is -0.727. The number of carbonyl (C=O) groups excluding carboxylic acids is 4. The van der Waals surface area contributed by atoms with Crippen LogP contribution in [0.15, 0.2) is 91.0 Å². The number of nitrogens with zero attached hydrogens (tertiary/aromatic N) is 3. The molecule has 1 fully saturated rings. The van der Waals surface area contributed by atoms with Gasteiger partial charge in [0, 0.05) is 18.8 Å².